The first-order valence-corrected chi connectivity index (χ1v) is 10.6. The lowest BCUT2D eigenvalue weighted by atomic mass is 10.2. The van der Waals surface area contributed by atoms with Crippen LogP contribution in [-0.2, 0) is 13.8 Å². The second kappa shape index (κ2) is 8.33. The number of H-pyrrole nitrogens is 1. The minimum atomic E-state index is -4.57. The Balaban J connectivity index is 1.41. The van der Waals surface area contributed by atoms with Crippen LogP contribution in [0.1, 0.15) is 12.6 Å². The Hall–Kier alpha value is -2.89. The third kappa shape index (κ3) is 4.73. The molecule has 164 valence electrons. The van der Waals surface area contributed by atoms with Crippen LogP contribution in [-0.4, -0.2) is 43.3 Å². The maximum atomic E-state index is 13.5. The number of pyridine rings is 1. The number of aliphatic hydroxyl groups excluding tert-OH is 1. The van der Waals surface area contributed by atoms with Crippen molar-refractivity contribution in [3.8, 4) is 5.75 Å². The topological polar surface area (TPSA) is 153 Å². The smallest absolute Gasteiger partial charge is 0.404 e. The van der Waals surface area contributed by atoms with E-state index in [9.17, 15) is 28.5 Å². The van der Waals surface area contributed by atoms with Gasteiger partial charge < -0.3 is 14.4 Å². The quantitative estimate of drug-likeness (QED) is 0.465. The molecule has 1 fully saturated rings. The van der Waals surface area contributed by atoms with E-state index in [1.165, 1.54) is 12.1 Å². The summed E-state index contributed by atoms with van der Waals surface area (Å²) in [6.07, 6.45) is -1.24. The molecule has 0 saturated carbocycles. The summed E-state index contributed by atoms with van der Waals surface area (Å²) in [5.74, 6) is -1.12. The summed E-state index contributed by atoms with van der Waals surface area (Å²) in [4.78, 5) is 38.9. The molecule has 3 heterocycles. The normalized spacial score (nSPS) is 23.0. The summed E-state index contributed by atoms with van der Waals surface area (Å²) in [6.45, 7) is -0.541. The Labute approximate surface area is 173 Å². The number of fused-ring (bicyclic) bond motifs is 1. The fourth-order valence-electron chi connectivity index (χ4n) is 3.15. The molecule has 1 saturated heterocycles. The molecule has 1 aromatic carbocycles. The van der Waals surface area contributed by atoms with E-state index in [1.54, 1.807) is 29.4 Å². The molecule has 2 aromatic heterocycles. The standard InChI is InChI=1S/C18H17FN3O8P/c19-12-8-22(18(25)21-17(12)24)16-7-14(23)15(29-16)9-28-31(26,27)30-11-3-4-13-10(6-11)2-1-5-20-13/h1-6,8,14-16,23H,7,9H2,(H,26,27)(H,21,24,25)/t14-,15+,16+/m0/s1. The average Bonchev–Trinajstić information content (AvgIpc) is 3.09. The SMILES string of the molecule is O=c1[nH]c(=O)n([C@H]2C[C@H](O)[C@@H](COP(=O)(O)Oc3ccc4ncccc4c3)O2)cc1F. The Kier molecular flexibility index (Phi) is 5.73. The van der Waals surface area contributed by atoms with Crippen LogP contribution in [0.3, 0.4) is 0 Å². The van der Waals surface area contributed by atoms with Crippen molar-refractivity contribution in [1.29, 1.82) is 0 Å². The molecular weight excluding hydrogens is 436 g/mol. The third-order valence-corrected chi connectivity index (χ3v) is 5.55. The number of aromatic nitrogens is 3. The molecule has 13 heteroatoms. The lowest BCUT2D eigenvalue weighted by molar-refractivity contribution is -0.0449. The van der Waals surface area contributed by atoms with E-state index in [-0.39, 0.29) is 12.2 Å². The van der Waals surface area contributed by atoms with Gasteiger partial charge in [0.25, 0.3) is 5.56 Å². The fourth-order valence-corrected chi connectivity index (χ4v) is 3.92. The maximum Gasteiger partial charge on any atom is 0.527 e. The summed E-state index contributed by atoms with van der Waals surface area (Å²) >= 11 is 0. The maximum absolute atomic E-state index is 13.5. The minimum Gasteiger partial charge on any atom is -0.404 e. The van der Waals surface area contributed by atoms with Gasteiger partial charge in [-0.25, -0.2) is 9.36 Å². The van der Waals surface area contributed by atoms with Crippen LogP contribution in [0.4, 0.5) is 4.39 Å². The van der Waals surface area contributed by atoms with Crippen molar-refractivity contribution in [1.82, 2.24) is 14.5 Å². The number of nitrogens with zero attached hydrogens (tertiary/aromatic N) is 2. The molecule has 0 radical (unpaired) electrons. The molecule has 11 nitrogen and oxygen atoms in total. The second-order valence-corrected chi connectivity index (χ2v) is 8.17. The summed E-state index contributed by atoms with van der Waals surface area (Å²) in [5.41, 5.74) is -1.43. The van der Waals surface area contributed by atoms with Gasteiger partial charge in [0.2, 0.25) is 5.82 Å². The number of benzene rings is 1. The van der Waals surface area contributed by atoms with Crippen molar-refractivity contribution >= 4 is 18.7 Å². The third-order valence-electron chi connectivity index (χ3n) is 4.64. The van der Waals surface area contributed by atoms with Crippen LogP contribution in [0, 0.1) is 5.82 Å². The van der Waals surface area contributed by atoms with Crippen LogP contribution in [0.25, 0.3) is 10.9 Å². The van der Waals surface area contributed by atoms with E-state index in [0.717, 1.165) is 4.57 Å². The molecule has 1 aliphatic rings. The summed E-state index contributed by atoms with van der Waals surface area (Å²) in [6, 6.07) is 8.04. The summed E-state index contributed by atoms with van der Waals surface area (Å²) in [7, 11) is -4.57. The molecule has 1 unspecified atom stereocenters. The average molecular weight is 453 g/mol. The molecule has 3 aromatic rings. The number of phosphoric acid groups is 1. The van der Waals surface area contributed by atoms with Crippen molar-refractivity contribution in [3.63, 3.8) is 0 Å². The highest BCUT2D eigenvalue weighted by molar-refractivity contribution is 7.47. The van der Waals surface area contributed by atoms with Crippen molar-refractivity contribution in [2.24, 2.45) is 0 Å². The van der Waals surface area contributed by atoms with Crippen LogP contribution in [0.2, 0.25) is 0 Å². The van der Waals surface area contributed by atoms with E-state index in [4.69, 9.17) is 13.8 Å². The number of rotatable bonds is 6. The highest BCUT2D eigenvalue weighted by Crippen LogP contribution is 2.45. The monoisotopic (exact) mass is 453 g/mol. The zero-order valence-electron chi connectivity index (χ0n) is 15.8. The predicted octanol–water partition coefficient (Wildman–Crippen LogP) is 1.07. The first-order chi connectivity index (χ1) is 14.7. The van der Waals surface area contributed by atoms with Crippen molar-refractivity contribution < 1.29 is 32.7 Å². The van der Waals surface area contributed by atoms with Gasteiger partial charge in [0.05, 0.1) is 24.4 Å². The minimum absolute atomic E-state index is 0.0763. The molecule has 3 N–H and O–H groups in total. The van der Waals surface area contributed by atoms with E-state index in [0.29, 0.717) is 17.1 Å². The lowest BCUT2D eigenvalue weighted by Crippen LogP contribution is -2.34. The molecule has 0 bridgehead atoms. The van der Waals surface area contributed by atoms with Gasteiger partial charge in [-0.3, -0.25) is 28.7 Å². The number of nitrogens with one attached hydrogen (secondary N) is 1. The molecule has 0 amide bonds. The first kappa shape index (κ1) is 21.3. The molecule has 1 aliphatic heterocycles. The Morgan fingerprint density at radius 2 is 2.16 bits per heavy atom. The second-order valence-electron chi connectivity index (χ2n) is 6.79. The Morgan fingerprint density at radius 3 is 2.97 bits per heavy atom. The highest BCUT2D eigenvalue weighted by atomic mass is 31.2. The molecule has 4 atom stereocenters. The van der Waals surface area contributed by atoms with Gasteiger partial charge in [0.15, 0.2) is 0 Å². The zero-order chi connectivity index (χ0) is 22.2. The number of aliphatic hydroxyl groups is 1. The number of phosphoric ester groups is 1. The van der Waals surface area contributed by atoms with Crippen molar-refractivity contribution in [2.75, 3.05) is 6.61 Å². The van der Waals surface area contributed by atoms with Gasteiger partial charge in [-0.2, -0.15) is 4.39 Å². The summed E-state index contributed by atoms with van der Waals surface area (Å²) < 4.78 is 42.0. The molecule has 31 heavy (non-hydrogen) atoms. The predicted molar refractivity (Wildman–Crippen MR) is 104 cm³/mol. The summed E-state index contributed by atoms with van der Waals surface area (Å²) in [5, 5.41) is 10.8. The number of halogens is 1. The van der Waals surface area contributed by atoms with Crippen LogP contribution < -0.4 is 15.8 Å². The van der Waals surface area contributed by atoms with Gasteiger partial charge in [0.1, 0.15) is 18.1 Å². The zero-order valence-corrected chi connectivity index (χ0v) is 16.6. The molecule has 4 rings (SSSR count). The van der Waals surface area contributed by atoms with E-state index < -0.39 is 49.9 Å². The van der Waals surface area contributed by atoms with Gasteiger partial charge >= 0.3 is 13.5 Å². The van der Waals surface area contributed by atoms with E-state index >= 15 is 0 Å². The molecule has 0 aliphatic carbocycles. The van der Waals surface area contributed by atoms with Crippen LogP contribution >= 0.6 is 7.82 Å². The largest absolute Gasteiger partial charge is 0.527 e. The number of aromatic amines is 1. The Bertz CT molecular complexity index is 1280. The van der Waals surface area contributed by atoms with Crippen molar-refractivity contribution in [3.05, 3.63) is 69.4 Å². The number of hydrogen-bond donors (Lipinski definition) is 3. The fraction of sp³-hybridized carbons (Fsp3) is 0.278. The van der Waals surface area contributed by atoms with E-state index in [1.807, 2.05) is 0 Å². The van der Waals surface area contributed by atoms with Crippen molar-refractivity contribution in [2.45, 2.75) is 24.9 Å². The number of ether oxygens (including phenoxy) is 1. The van der Waals surface area contributed by atoms with Crippen LogP contribution in [0.15, 0.2) is 52.3 Å². The highest BCUT2D eigenvalue weighted by Gasteiger charge is 2.38. The van der Waals surface area contributed by atoms with Gasteiger partial charge in [-0.15, -0.1) is 0 Å². The first-order valence-electron chi connectivity index (χ1n) is 9.08. The van der Waals surface area contributed by atoms with Gasteiger partial charge in [-0.1, -0.05) is 6.07 Å². The van der Waals surface area contributed by atoms with Gasteiger partial charge in [-0.05, 0) is 24.3 Å². The van der Waals surface area contributed by atoms with Gasteiger partial charge in [0, 0.05) is 18.0 Å². The van der Waals surface area contributed by atoms with Crippen LogP contribution in [0.5, 0.6) is 5.75 Å². The number of hydrogen-bond acceptors (Lipinski definition) is 8. The molecule has 0 spiro atoms. The molecular formula is C18H17FN3O8P. The lowest BCUT2D eigenvalue weighted by Gasteiger charge is -2.18. The Morgan fingerprint density at radius 1 is 1.35 bits per heavy atom. The van der Waals surface area contributed by atoms with E-state index in [2.05, 4.69) is 4.98 Å².